The highest BCUT2D eigenvalue weighted by atomic mass is 32.1. The number of hydrogen-bond acceptors (Lipinski definition) is 4. The van der Waals surface area contributed by atoms with Crippen LogP contribution in [0.15, 0.2) is 33.9 Å². The molecule has 3 rings (SSSR count). The molecular formula is C13H12N2O2S. The van der Waals surface area contributed by atoms with Gasteiger partial charge in [0.2, 0.25) is 0 Å². The minimum absolute atomic E-state index is 0.0302. The maximum Gasteiger partial charge on any atom is 0.259 e. The topological polar surface area (TPSA) is 47.5 Å². The summed E-state index contributed by atoms with van der Waals surface area (Å²) in [6.45, 7) is 3.99. The lowest BCUT2D eigenvalue weighted by atomic mass is 10.2. The van der Waals surface area contributed by atoms with Gasteiger partial charge in [-0.25, -0.2) is 4.98 Å². The Hall–Kier alpha value is -1.88. The SMILES string of the molecule is CCc1cc(=O)n2c(-c3ccoc3)c(C)sc2n1. The van der Waals surface area contributed by atoms with Crippen LogP contribution in [0.2, 0.25) is 0 Å². The second kappa shape index (κ2) is 4.10. The number of aromatic nitrogens is 2. The molecule has 0 bridgehead atoms. The zero-order chi connectivity index (χ0) is 12.7. The van der Waals surface area contributed by atoms with Crippen molar-refractivity contribution in [2.24, 2.45) is 0 Å². The summed E-state index contributed by atoms with van der Waals surface area (Å²) in [5.74, 6) is 0. The molecule has 0 aromatic carbocycles. The summed E-state index contributed by atoms with van der Waals surface area (Å²) < 4.78 is 6.75. The summed E-state index contributed by atoms with van der Waals surface area (Å²) in [6, 6.07) is 3.46. The van der Waals surface area contributed by atoms with E-state index in [1.54, 1.807) is 23.0 Å². The molecule has 0 atom stereocenters. The van der Waals surface area contributed by atoms with Crippen molar-refractivity contribution in [3.63, 3.8) is 0 Å². The summed E-state index contributed by atoms with van der Waals surface area (Å²) in [7, 11) is 0. The number of rotatable bonds is 2. The minimum atomic E-state index is -0.0302. The third kappa shape index (κ3) is 1.59. The van der Waals surface area contributed by atoms with Gasteiger partial charge in [0.05, 0.1) is 18.2 Å². The van der Waals surface area contributed by atoms with E-state index in [1.807, 2.05) is 19.9 Å². The van der Waals surface area contributed by atoms with Gasteiger partial charge in [-0.05, 0) is 19.4 Å². The van der Waals surface area contributed by atoms with Gasteiger partial charge in [-0.15, -0.1) is 11.3 Å². The van der Waals surface area contributed by atoms with Gasteiger partial charge < -0.3 is 4.42 Å². The number of furan rings is 1. The van der Waals surface area contributed by atoms with Gasteiger partial charge in [0, 0.05) is 22.2 Å². The summed E-state index contributed by atoms with van der Waals surface area (Å²) in [5.41, 5.74) is 2.59. The molecule has 92 valence electrons. The molecule has 0 saturated carbocycles. The van der Waals surface area contributed by atoms with Gasteiger partial charge in [0.15, 0.2) is 4.96 Å². The van der Waals surface area contributed by atoms with Crippen LogP contribution in [0.1, 0.15) is 17.5 Å². The van der Waals surface area contributed by atoms with Crippen LogP contribution >= 0.6 is 11.3 Å². The van der Waals surface area contributed by atoms with E-state index in [2.05, 4.69) is 4.98 Å². The fraction of sp³-hybridized carbons (Fsp3) is 0.231. The van der Waals surface area contributed by atoms with Crippen molar-refractivity contribution in [3.05, 3.63) is 45.6 Å². The van der Waals surface area contributed by atoms with E-state index < -0.39 is 0 Å². The van der Waals surface area contributed by atoms with Gasteiger partial charge in [-0.1, -0.05) is 6.92 Å². The van der Waals surface area contributed by atoms with E-state index in [0.29, 0.717) is 0 Å². The van der Waals surface area contributed by atoms with Crippen molar-refractivity contribution in [3.8, 4) is 11.3 Å². The Bertz CT molecular complexity index is 753. The molecule has 0 amide bonds. The Morgan fingerprint density at radius 1 is 1.50 bits per heavy atom. The van der Waals surface area contributed by atoms with Gasteiger partial charge in [-0.2, -0.15) is 0 Å². The molecule has 0 radical (unpaired) electrons. The van der Waals surface area contributed by atoms with Crippen molar-refractivity contribution >= 4 is 16.3 Å². The van der Waals surface area contributed by atoms with Crippen LogP contribution in [0.25, 0.3) is 16.2 Å². The van der Waals surface area contributed by atoms with E-state index in [1.165, 1.54) is 11.3 Å². The number of thiazole rings is 1. The molecular weight excluding hydrogens is 248 g/mol. The van der Waals surface area contributed by atoms with Crippen molar-refractivity contribution in [1.29, 1.82) is 0 Å². The molecule has 3 heterocycles. The smallest absolute Gasteiger partial charge is 0.259 e. The van der Waals surface area contributed by atoms with E-state index in [0.717, 1.165) is 33.2 Å². The number of aryl methyl sites for hydroxylation is 2. The quantitative estimate of drug-likeness (QED) is 0.711. The maximum atomic E-state index is 12.2. The molecule has 0 aliphatic carbocycles. The predicted molar refractivity (Wildman–Crippen MR) is 71.2 cm³/mol. The molecule has 0 N–H and O–H groups in total. The first-order chi connectivity index (χ1) is 8.70. The average Bonchev–Trinajstić information content (AvgIpc) is 2.95. The molecule has 0 fully saturated rings. The third-order valence-corrected chi connectivity index (χ3v) is 3.86. The van der Waals surface area contributed by atoms with E-state index in [4.69, 9.17) is 4.42 Å². The van der Waals surface area contributed by atoms with E-state index in [-0.39, 0.29) is 5.56 Å². The van der Waals surface area contributed by atoms with Crippen molar-refractivity contribution in [1.82, 2.24) is 9.38 Å². The van der Waals surface area contributed by atoms with Crippen LogP contribution < -0.4 is 5.56 Å². The van der Waals surface area contributed by atoms with Crippen LogP contribution in [-0.2, 0) is 6.42 Å². The predicted octanol–water partition coefficient (Wildman–Crippen LogP) is 2.89. The van der Waals surface area contributed by atoms with E-state index in [9.17, 15) is 4.79 Å². The Labute approximate surface area is 108 Å². The molecule has 3 aromatic heterocycles. The second-order valence-electron chi connectivity index (χ2n) is 4.08. The fourth-order valence-electron chi connectivity index (χ4n) is 2.04. The zero-order valence-electron chi connectivity index (χ0n) is 10.1. The first-order valence-corrected chi connectivity index (χ1v) is 6.57. The number of nitrogens with zero attached hydrogens (tertiary/aromatic N) is 2. The molecule has 0 saturated heterocycles. The second-order valence-corrected chi connectivity index (χ2v) is 5.26. The van der Waals surface area contributed by atoms with Crippen LogP contribution in [0.5, 0.6) is 0 Å². The van der Waals surface area contributed by atoms with Gasteiger partial charge >= 0.3 is 0 Å². The molecule has 18 heavy (non-hydrogen) atoms. The highest BCUT2D eigenvalue weighted by molar-refractivity contribution is 7.17. The maximum absolute atomic E-state index is 12.2. The summed E-state index contributed by atoms with van der Waals surface area (Å²) in [6.07, 6.45) is 4.02. The van der Waals surface area contributed by atoms with Crippen LogP contribution in [-0.4, -0.2) is 9.38 Å². The lowest BCUT2D eigenvalue weighted by molar-refractivity contribution is 0.568. The standard InChI is InChI=1S/C13H12N2O2S/c1-3-10-6-11(16)15-12(9-4-5-17-7-9)8(2)18-13(15)14-10/h4-7H,3H2,1-2H3. The fourth-order valence-corrected chi connectivity index (χ4v) is 3.05. The molecule has 0 aliphatic rings. The van der Waals surface area contributed by atoms with Gasteiger partial charge in [0.1, 0.15) is 0 Å². The highest BCUT2D eigenvalue weighted by Gasteiger charge is 2.14. The average molecular weight is 260 g/mol. The van der Waals surface area contributed by atoms with Crippen molar-refractivity contribution in [2.75, 3.05) is 0 Å². The molecule has 5 heteroatoms. The zero-order valence-corrected chi connectivity index (χ0v) is 11.0. The minimum Gasteiger partial charge on any atom is -0.472 e. The third-order valence-electron chi connectivity index (χ3n) is 2.90. The number of fused-ring (bicyclic) bond motifs is 1. The van der Waals surface area contributed by atoms with Gasteiger partial charge in [0.25, 0.3) is 5.56 Å². The summed E-state index contributed by atoms with van der Waals surface area (Å²) in [5, 5.41) is 0. The van der Waals surface area contributed by atoms with Crippen molar-refractivity contribution in [2.45, 2.75) is 20.3 Å². The number of hydrogen-bond donors (Lipinski definition) is 0. The normalized spacial score (nSPS) is 11.2. The highest BCUT2D eigenvalue weighted by Crippen LogP contribution is 2.29. The Balaban J connectivity index is 2.40. The molecule has 0 aliphatic heterocycles. The first kappa shape index (κ1) is 11.2. The molecule has 0 spiro atoms. The largest absolute Gasteiger partial charge is 0.472 e. The lowest BCUT2D eigenvalue weighted by Gasteiger charge is -2.00. The molecule has 4 nitrogen and oxygen atoms in total. The lowest BCUT2D eigenvalue weighted by Crippen LogP contribution is -2.14. The molecule has 0 unspecified atom stereocenters. The Kier molecular flexibility index (Phi) is 2.56. The molecule has 3 aromatic rings. The Morgan fingerprint density at radius 3 is 3.00 bits per heavy atom. The van der Waals surface area contributed by atoms with Crippen LogP contribution in [0.4, 0.5) is 0 Å². The van der Waals surface area contributed by atoms with Crippen molar-refractivity contribution < 1.29 is 4.42 Å². The first-order valence-electron chi connectivity index (χ1n) is 5.75. The summed E-state index contributed by atoms with van der Waals surface area (Å²) >= 11 is 1.53. The van der Waals surface area contributed by atoms with Crippen LogP contribution in [0.3, 0.4) is 0 Å². The van der Waals surface area contributed by atoms with Crippen LogP contribution in [0, 0.1) is 6.92 Å². The summed E-state index contributed by atoms with van der Waals surface area (Å²) in [4.78, 5) is 18.5. The Morgan fingerprint density at radius 2 is 2.33 bits per heavy atom. The van der Waals surface area contributed by atoms with E-state index >= 15 is 0 Å². The van der Waals surface area contributed by atoms with Gasteiger partial charge in [-0.3, -0.25) is 9.20 Å². The monoisotopic (exact) mass is 260 g/mol.